The second-order valence-corrected chi connectivity index (χ2v) is 8.78. The number of fused-ring (bicyclic) bond motifs is 3. The van der Waals surface area contributed by atoms with Crippen LogP contribution in [0, 0.1) is 11.8 Å². The molecule has 0 saturated heterocycles. The molecular weight excluding hydrogens is 420 g/mol. The Morgan fingerprint density at radius 1 is 1.00 bits per heavy atom. The van der Waals surface area contributed by atoms with Crippen molar-refractivity contribution < 1.29 is 24.2 Å². The SMILES string of the molecule is CC[C@@H](NC(=O)OCC1c2ccccc2-c2ccccc21)C(=O)NCC(CC(=O)O)C(C)C. The van der Waals surface area contributed by atoms with E-state index in [1.54, 1.807) is 6.92 Å². The van der Waals surface area contributed by atoms with Gasteiger partial charge in [-0.15, -0.1) is 0 Å². The second-order valence-electron chi connectivity index (χ2n) is 8.78. The van der Waals surface area contributed by atoms with Crippen LogP contribution in [0.4, 0.5) is 4.79 Å². The maximum atomic E-state index is 12.6. The van der Waals surface area contributed by atoms with Crippen molar-refractivity contribution in [3.05, 3.63) is 59.7 Å². The van der Waals surface area contributed by atoms with Crippen LogP contribution in [-0.2, 0) is 14.3 Å². The zero-order chi connectivity index (χ0) is 24.0. The molecule has 3 rings (SSSR count). The van der Waals surface area contributed by atoms with Crippen LogP contribution in [-0.4, -0.2) is 42.3 Å². The number of carboxylic acids is 1. The first kappa shape index (κ1) is 24.3. The zero-order valence-electron chi connectivity index (χ0n) is 19.3. The van der Waals surface area contributed by atoms with Gasteiger partial charge < -0.3 is 20.5 Å². The van der Waals surface area contributed by atoms with Crippen molar-refractivity contribution in [2.24, 2.45) is 11.8 Å². The van der Waals surface area contributed by atoms with Crippen LogP contribution < -0.4 is 10.6 Å². The van der Waals surface area contributed by atoms with Gasteiger partial charge in [0.1, 0.15) is 12.6 Å². The van der Waals surface area contributed by atoms with Crippen molar-refractivity contribution in [2.45, 2.75) is 45.6 Å². The molecule has 7 nitrogen and oxygen atoms in total. The van der Waals surface area contributed by atoms with Gasteiger partial charge in [-0.3, -0.25) is 9.59 Å². The molecular formula is C26H32N2O5. The zero-order valence-corrected chi connectivity index (χ0v) is 19.3. The first-order valence-electron chi connectivity index (χ1n) is 11.4. The third kappa shape index (κ3) is 5.92. The highest BCUT2D eigenvalue weighted by molar-refractivity contribution is 5.85. The number of carbonyl (C=O) groups excluding carboxylic acids is 2. The molecule has 0 fully saturated rings. The third-order valence-corrected chi connectivity index (χ3v) is 6.28. The molecule has 2 amide bonds. The Morgan fingerprint density at radius 3 is 2.09 bits per heavy atom. The molecule has 1 unspecified atom stereocenters. The molecule has 2 atom stereocenters. The Balaban J connectivity index is 1.56. The van der Waals surface area contributed by atoms with Crippen molar-refractivity contribution in [3.8, 4) is 11.1 Å². The summed E-state index contributed by atoms with van der Waals surface area (Å²) >= 11 is 0. The van der Waals surface area contributed by atoms with Crippen LogP contribution in [0.5, 0.6) is 0 Å². The molecule has 0 radical (unpaired) electrons. The highest BCUT2D eigenvalue weighted by atomic mass is 16.5. The minimum atomic E-state index is -0.897. The normalized spacial score (nSPS) is 14.2. The standard InChI is InChI=1S/C26H32N2O5/c1-4-23(25(31)27-14-17(16(2)3)13-24(29)30)28-26(32)33-15-22-20-11-7-5-9-18(20)19-10-6-8-12-21(19)22/h5-12,16-17,22-23H,4,13-15H2,1-3H3,(H,27,31)(H,28,32)(H,29,30)/t17?,23-/m1/s1. The number of ether oxygens (including phenoxy) is 1. The lowest BCUT2D eigenvalue weighted by molar-refractivity contribution is -0.138. The van der Waals surface area contributed by atoms with E-state index in [4.69, 9.17) is 9.84 Å². The predicted octanol–water partition coefficient (Wildman–Crippen LogP) is 4.17. The van der Waals surface area contributed by atoms with Gasteiger partial charge in [-0.2, -0.15) is 0 Å². The number of carboxylic acid groups (broad SMARTS) is 1. The number of carbonyl (C=O) groups is 3. The van der Waals surface area contributed by atoms with Gasteiger partial charge >= 0.3 is 12.1 Å². The molecule has 7 heteroatoms. The largest absolute Gasteiger partial charge is 0.481 e. The molecule has 176 valence electrons. The summed E-state index contributed by atoms with van der Waals surface area (Å²) in [5.41, 5.74) is 4.53. The summed E-state index contributed by atoms with van der Waals surface area (Å²) in [6.45, 7) is 6.06. The number of hydrogen-bond donors (Lipinski definition) is 3. The van der Waals surface area contributed by atoms with Gasteiger partial charge in [0, 0.05) is 12.5 Å². The number of alkyl carbamates (subject to hydrolysis) is 1. The van der Waals surface area contributed by atoms with Gasteiger partial charge in [0.25, 0.3) is 0 Å². The van der Waals surface area contributed by atoms with E-state index in [0.29, 0.717) is 6.42 Å². The summed E-state index contributed by atoms with van der Waals surface area (Å²) in [5.74, 6) is -1.37. The Kier molecular flexibility index (Phi) is 8.09. The first-order valence-corrected chi connectivity index (χ1v) is 11.4. The molecule has 1 aliphatic carbocycles. The Morgan fingerprint density at radius 2 is 1.58 bits per heavy atom. The minimum Gasteiger partial charge on any atom is -0.481 e. The molecule has 0 heterocycles. The number of amides is 2. The number of hydrogen-bond acceptors (Lipinski definition) is 4. The molecule has 1 aliphatic rings. The van der Waals surface area contributed by atoms with Crippen LogP contribution in [0.15, 0.2) is 48.5 Å². The maximum absolute atomic E-state index is 12.6. The molecule has 2 aromatic rings. The van der Waals surface area contributed by atoms with Crippen molar-refractivity contribution >= 4 is 18.0 Å². The van der Waals surface area contributed by atoms with E-state index < -0.39 is 18.1 Å². The lowest BCUT2D eigenvalue weighted by Crippen LogP contribution is -2.48. The first-order chi connectivity index (χ1) is 15.8. The summed E-state index contributed by atoms with van der Waals surface area (Å²) < 4.78 is 5.53. The van der Waals surface area contributed by atoms with Gasteiger partial charge in [0.05, 0.1) is 6.42 Å². The predicted molar refractivity (Wildman–Crippen MR) is 126 cm³/mol. The van der Waals surface area contributed by atoms with E-state index in [1.807, 2.05) is 50.2 Å². The molecule has 2 aromatic carbocycles. The Labute approximate surface area is 194 Å². The van der Waals surface area contributed by atoms with Gasteiger partial charge in [-0.25, -0.2) is 4.79 Å². The van der Waals surface area contributed by atoms with Crippen molar-refractivity contribution in [1.29, 1.82) is 0 Å². The fraction of sp³-hybridized carbons (Fsp3) is 0.423. The molecule has 0 bridgehead atoms. The second kappa shape index (κ2) is 11.0. The number of nitrogens with one attached hydrogen (secondary N) is 2. The molecule has 0 aliphatic heterocycles. The summed E-state index contributed by atoms with van der Waals surface area (Å²) in [5, 5.41) is 14.5. The maximum Gasteiger partial charge on any atom is 0.407 e. The van der Waals surface area contributed by atoms with Crippen LogP contribution in [0.2, 0.25) is 0 Å². The summed E-state index contributed by atoms with van der Waals surface area (Å²) in [4.78, 5) is 36.1. The number of aliphatic carboxylic acids is 1. The molecule has 33 heavy (non-hydrogen) atoms. The average molecular weight is 453 g/mol. The third-order valence-electron chi connectivity index (χ3n) is 6.28. The van der Waals surface area contributed by atoms with Crippen molar-refractivity contribution in [3.63, 3.8) is 0 Å². The van der Waals surface area contributed by atoms with Crippen LogP contribution in [0.3, 0.4) is 0 Å². The van der Waals surface area contributed by atoms with Crippen molar-refractivity contribution in [2.75, 3.05) is 13.2 Å². The van der Waals surface area contributed by atoms with E-state index in [2.05, 4.69) is 22.8 Å². The fourth-order valence-electron chi connectivity index (χ4n) is 4.26. The Bertz CT molecular complexity index is 958. The van der Waals surface area contributed by atoms with Crippen LogP contribution in [0.1, 0.15) is 50.7 Å². The van der Waals surface area contributed by atoms with Gasteiger partial charge in [0.15, 0.2) is 0 Å². The highest BCUT2D eigenvalue weighted by Gasteiger charge is 2.29. The molecule has 0 saturated carbocycles. The summed E-state index contributed by atoms with van der Waals surface area (Å²) in [7, 11) is 0. The smallest absolute Gasteiger partial charge is 0.407 e. The van der Waals surface area contributed by atoms with Crippen LogP contribution in [0.25, 0.3) is 11.1 Å². The van der Waals surface area contributed by atoms with Gasteiger partial charge in [0.2, 0.25) is 5.91 Å². The van der Waals surface area contributed by atoms with E-state index >= 15 is 0 Å². The molecule has 3 N–H and O–H groups in total. The van der Waals surface area contributed by atoms with E-state index in [-0.39, 0.29) is 43.2 Å². The summed E-state index contributed by atoms with van der Waals surface area (Å²) in [6.07, 6.45) is -0.277. The van der Waals surface area contributed by atoms with Gasteiger partial charge in [-0.05, 0) is 40.5 Å². The lowest BCUT2D eigenvalue weighted by Gasteiger charge is -2.22. The van der Waals surface area contributed by atoms with E-state index in [0.717, 1.165) is 22.3 Å². The number of benzene rings is 2. The molecule has 0 spiro atoms. The number of rotatable bonds is 10. The summed E-state index contributed by atoms with van der Waals surface area (Å²) in [6, 6.07) is 15.4. The lowest BCUT2D eigenvalue weighted by atomic mass is 9.92. The average Bonchev–Trinajstić information content (AvgIpc) is 3.12. The highest BCUT2D eigenvalue weighted by Crippen LogP contribution is 2.44. The molecule has 0 aromatic heterocycles. The minimum absolute atomic E-state index is 0.0193. The van der Waals surface area contributed by atoms with Gasteiger partial charge in [-0.1, -0.05) is 69.3 Å². The quantitative estimate of drug-likeness (QED) is 0.502. The monoisotopic (exact) mass is 452 g/mol. The van der Waals surface area contributed by atoms with Crippen molar-refractivity contribution in [1.82, 2.24) is 10.6 Å². The van der Waals surface area contributed by atoms with Crippen LogP contribution >= 0.6 is 0 Å². The Hall–Kier alpha value is -3.35. The topological polar surface area (TPSA) is 105 Å². The van der Waals surface area contributed by atoms with E-state index in [9.17, 15) is 14.4 Å². The fourth-order valence-corrected chi connectivity index (χ4v) is 4.26. The van der Waals surface area contributed by atoms with E-state index in [1.165, 1.54) is 0 Å².